The van der Waals surface area contributed by atoms with Crippen molar-refractivity contribution in [1.29, 1.82) is 0 Å². The van der Waals surface area contributed by atoms with Crippen molar-refractivity contribution in [3.05, 3.63) is 0 Å². The number of nitrogens with one attached hydrogen (secondary N) is 1. The van der Waals surface area contributed by atoms with E-state index in [9.17, 15) is 13.6 Å². The predicted octanol–water partition coefficient (Wildman–Crippen LogP) is 2.57. The molecule has 0 spiro atoms. The lowest BCUT2D eigenvalue weighted by atomic mass is 10.1. The van der Waals surface area contributed by atoms with Crippen LogP contribution in [0.5, 0.6) is 0 Å². The van der Waals surface area contributed by atoms with Gasteiger partial charge in [0.2, 0.25) is 0 Å². The van der Waals surface area contributed by atoms with Gasteiger partial charge in [-0.3, -0.25) is 0 Å². The van der Waals surface area contributed by atoms with E-state index in [1.165, 1.54) is 0 Å². The van der Waals surface area contributed by atoms with Gasteiger partial charge in [0.05, 0.1) is 17.8 Å². The second kappa shape index (κ2) is 6.86. The molecule has 0 radical (unpaired) electrons. The van der Waals surface area contributed by atoms with Gasteiger partial charge in [-0.15, -0.1) is 4.39 Å². The van der Waals surface area contributed by atoms with Gasteiger partial charge in [0.25, 0.3) is 0 Å². The fraction of sp³-hybridized carbons (Fsp3) is 0.909. The summed E-state index contributed by atoms with van der Waals surface area (Å²) in [6.45, 7) is 6.54. The molecule has 0 unspecified atom stereocenters. The highest BCUT2D eigenvalue weighted by Crippen LogP contribution is 2.17. The van der Waals surface area contributed by atoms with Crippen molar-refractivity contribution in [3.63, 3.8) is 0 Å². The molecule has 4 nitrogen and oxygen atoms in total. The number of carbonyl (C=O) groups excluding carboxylic acids is 1. The molecule has 1 amide bonds. The van der Waals surface area contributed by atoms with Gasteiger partial charge in [-0.05, 0) is 34.1 Å². The lowest BCUT2D eigenvalue weighted by molar-refractivity contribution is -0.0939. The minimum Gasteiger partial charge on any atom is -0.374 e. The molecule has 0 aliphatic carbocycles. The molecule has 0 bridgehead atoms. The maximum Gasteiger partial charge on any atom is 0.397 e. The van der Waals surface area contributed by atoms with Crippen LogP contribution in [0.3, 0.4) is 0 Å². The Balaban J connectivity index is 3.89. The Bertz CT molecular complexity index is 245. The van der Waals surface area contributed by atoms with Crippen molar-refractivity contribution in [2.75, 3.05) is 20.0 Å². The average molecular weight is 253 g/mol. The maximum atomic E-state index is 12.0. The maximum absolute atomic E-state index is 12.0. The lowest BCUT2D eigenvalue weighted by Gasteiger charge is -2.28. The van der Waals surface area contributed by atoms with Gasteiger partial charge in [-0.1, -0.05) is 0 Å². The van der Waals surface area contributed by atoms with E-state index in [2.05, 4.69) is 0 Å². The zero-order chi connectivity index (χ0) is 13.5. The van der Waals surface area contributed by atoms with E-state index in [0.717, 1.165) is 0 Å². The molecule has 0 aromatic heterocycles. The lowest BCUT2D eigenvalue weighted by Crippen LogP contribution is -2.40. The number of hydrogen-bond acceptors (Lipinski definition) is 3. The van der Waals surface area contributed by atoms with E-state index < -0.39 is 24.2 Å². The van der Waals surface area contributed by atoms with Crippen LogP contribution in [0.4, 0.5) is 13.6 Å². The standard InChI is InChI=1S/C11H21F2NO3/c1-10(2,17-8-12)5-6-16-11(3,4)7-14-9(13)15/h5-8H2,1-4H3,(H,14,15). The largest absolute Gasteiger partial charge is 0.397 e. The molecule has 102 valence electrons. The van der Waals surface area contributed by atoms with Crippen molar-refractivity contribution in [1.82, 2.24) is 5.32 Å². The first-order valence-corrected chi connectivity index (χ1v) is 5.46. The first kappa shape index (κ1) is 16.2. The third-order valence-corrected chi connectivity index (χ3v) is 2.30. The Morgan fingerprint density at radius 3 is 2.24 bits per heavy atom. The summed E-state index contributed by atoms with van der Waals surface area (Å²) in [7, 11) is 0. The SMILES string of the molecule is CC(C)(CCOC(C)(C)CNC(=O)F)OCF. The number of ether oxygens (including phenoxy) is 2. The average Bonchev–Trinajstić information content (AvgIpc) is 2.14. The molecule has 0 saturated carbocycles. The highest BCUT2D eigenvalue weighted by molar-refractivity contribution is 5.65. The van der Waals surface area contributed by atoms with Crippen LogP contribution in [-0.4, -0.2) is 37.4 Å². The molecule has 0 aromatic carbocycles. The van der Waals surface area contributed by atoms with Gasteiger partial charge >= 0.3 is 6.16 Å². The molecule has 0 atom stereocenters. The molecule has 0 fully saturated rings. The monoisotopic (exact) mass is 253 g/mol. The minimum atomic E-state index is -1.58. The van der Waals surface area contributed by atoms with Gasteiger partial charge in [-0.25, -0.2) is 9.18 Å². The summed E-state index contributed by atoms with van der Waals surface area (Å²) in [4.78, 5) is 10.1. The smallest absolute Gasteiger partial charge is 0.374 e. The van der Waals surface area contributed by atoms with Gasteiger partial charge in [0.15, 0.2) is 6.86 Å². The van der Waals surface area contributed by atoms with Crippen molar-refractivity contribution >= 4 is 6.16 Å². The van der Waals surface area contributed by atoms with Crippen LogP contribution in [0.25, 0.3) is 0 Å². The van der Waals surface area contributed by atoms with E-state index >= 15 is 0 Å². The summed E-state index contributed by atoms with van der Waals surface area (Å²) in [5, 5.41) is 2.04. The van der Waals surface area contributed by atoms with Crippen LogP contribution in [0.2, 0.25) is 0 Å². The fourth-order valence-corrected chi connectivity index (χ4v) is 1.13. The molecular formula is C11H21F2NO3. The molecule has 0 saturated heterocycles. The van der Waals surface area contributed by atoms with E-state index in [1.54, 1.807) is 27.7 Å². The third-order valence-electron chi connectivity index (χ3n) is 2.30. The Hall–Kier alpha value is -0.750. The van der Waals surface area contributed by atoms with E-state index in [-0.39, 0.29) is 6.54 Å². The summed E-state index contributed by atoms with van der Waals surface area (Å²) >= 11 is 0. The second-order valence-electron chi connectivity index (χ2n) is 5.00. The van der Waals surface area contributed by atoms with Crippen molar-refractivity contribution in [2.24, 2.45) is 0 Å². The first-order valence-electron chi connectivity index (χ1n) is 5.46. The van der Waals surface area contributed by atoms with Gasteiger partial charge in [-0.2, -0.15) is 0 Å². The number of halogens is 2. The van der Waals surface area contributed by atoms with Gasteiger partial charge < -0.3 is 14.8 Å². The Kier molecular flexibility index (Phi) is 6.56. The Morgan fingerprint density at radius 1 is 1.18 bits per heavy atom. The Morgan fingerprint density at radius 2 is 1.76 bits per heavy atom. The molecule has 0 aliphatic rings. The number of rotatable bonds is 8. The summed E-state index contributed by atoms with van der Waals surface area (Å²) in [5.41, 5.74) is -1.28. The zero-order valence-electron chi connectivity index (χ0n) is 10.8. The van der Waals surface area contributed by atoms with Crippen LogP contribution in [0, 0.1) is 0 Å². The Labute approximate surface area is 101 Å². The van der Waals surface area contributed by atoms with Crippen molar-refractivity contribution in [3.8, 4) is 0 Å². The van der Waals surface area contributed by atoms with Crippen molar-refractivity contribution in [2.45, 2.75) is 45.3 Å². The van der Waals surface area contributed by atoms with Crippen molar-refractivity contribution < 1.29 is 23.0 Å². The molecule has 0 rings (SSSR count). The first-order chi connectivity index (χ1) is 7.68. The molecule has 6 heteroatoms. The zero-order valence-corrected chi connectivity index (χ0v) is 10.8. The van der Waals surface area contributed by atoms with E-state index in [1.807, 2.05) is 5.32 Å². The molecule has 17 heavy (non-hydrogen) atoms. The fourth-order valence-electron chi connectivity index (χ4n) is 1.13. The van der Waals surface area contributed by atoms with Crippen LogP contribution in [-0.2, 0) is 9.47 Å². The topological polar surface area (TPSA) is 47.6 Å². The highest BCUT2D eigenvalue weighted by Gasteiger charge is 2.23. The van der Waals surface area contributed by atoms with Gasteiger partial charge in [0.1, 0.15) is 0 Å². The quantitative estimate of drug-likeness (QED) is 0.534. The van der Waals surface area contributed by atoms with E-state index in [0.29, 0.717) is 13.0 Å². The molecule has 0 aromatic rings. The summed E-state index contributed by atoms with van der Waals surface area (Å²) in [6.07, 6.45) is -1.08. The number of hydrogen-bond donors (Lipinski definition) is 1. The third kappa shape index (κ3) is 9.00. The summed E-state index contributed by atoms with van der Waals surface area (Å²) < 4.78 is 34.3. The molecule has 0 aliphatic heterocycles. The van der Waals surface area contributed by atoms with Crippen LogP contribution in [0.1, 0.15) is 34.1 Å². The minimum absolute atomic E-state index is 0.0761. The normalized spacial score (nSPS) is 12.6. The number of alkyl halides is 1. The van der Waals surface area contributed by atoms with Crippen LogP contribution in [0.15, 0.2) is 0 Å². The van der Waals surface area contributed by atoms with E-state index in [4.69, 9.17) is 9.47 Å². The highest BCUT2D eigenvalue weighted by atomic mass is 19.1. The molecule has 1 N–H and O–H groups in total. The van der Waals surface area contributed by atoms with Gasteiger partial charge in [0, 0.05) is 6.54 Å². The molecule has 0 heterocycles. The summed E-state index contributed by atoms with van der Waals surface area (Å²) in [5.74, 6) is 0. The summed E-state index contributed by atoms with van der Waals surface area (Å²) in [6, 6.07) is 0. The number of amides is 1. The molecular weight excluding hydrogens is 232 g/mol. The van der Waals surface area contributed by atoms with Crippen LogP contribution >= 0.6 is 0 Å². The predicted molar refractivity (Wildman–Crippen MR) is 60.3 cm³/mol. The van der Waals surface area contributed by atoms with Crippen LogP contribution < -0.4 is 5.32 Å². The second-order valence-corrected chi connectivity index (χ2v) is 5.00. The number of carbonyl (C=O) groups is 1.